The van der Waals surface area contributed by atoms with Gasteiger partial charge in [-0.15, -0.1) is 0 Å². The molecule has 1 aromatic carbocycles. The van der Waals surface area contributed by atoms with Crippen LogP contribution in [0, 0.1) is 5.92 Å². The zero-order valence-corrected chi connectivity index (χ0v) is 31.1. The maximum atomic E-state index is 12.8. The lowest BCUT2D eigenvalue weighted by atomic mass is 9.92. The average Bonchev–Trinajstić information content (AvgIpc) is 3.11. The predicted octanol–water partition coefficient (Wildman–Crippen LogP) is 0.612. The van der Waals surface area contributed by atoms with Gasteiger partial charge in [0.2, 0.25) is 17.7 Å². The summed E-state index contributed by atoms with van der Waals surface area (Å²) in [6.07, 6.45) is -3.45. The Morgan fingerprint density at radius 3 is 1.33 bits per heavy atom. The van der Waals surface area contributed by atoms with Crippen LogP contribution >= 0.6 is 0 Å². The molecule has 0 aromatic heterocycles. The Labute approximate surface area is 312 Å². The lowest BCUT2D eigenvalue weighted by Crippen LogP contribution is -2.46. The van der Waals surface area contributed by atoms with Crippen LogP contribution in [0.5, 0.6) is 0 Å². The molecule has 0 aliphatic rings. The van der Waals surface area contributed by atoms with Gasteiger partial charge in [0.25, 0.3) is 0 Å². The van der Waals surface area contributed by atoms with Crippen LogP contribution in [0.4, 0.5) is 4.79 Å². The summed E-state index contributed by atoms with van der Waals surface area (Å²) < 4.78 is 19.2. The van der Waals surface area contributed by atoms with Gasteiger partial charge in [0.1, 0.15) is 29.8 Å². The number of nitrogens with one attached hydrogen (secondary N) is 4. The molecule has 6 N–H and O–H groups in total. The Kier molecular flexibility index (Phi) is 19.7. The van der Waals surface area contributed by atoms with Crippen LogP contribution in [-0.2, 0) is 63.7 Å². The van der Waals surface area contributed by atoms with Gasteiger partial charge >= 0.3 is 35.9 Å². The summed E-state index contributed by atoms with van der Waals surface area (Å²) in [5, 5.41) is 28.7. The minimum absolute atomic E-state index is 0.0238. The van der Waals surface area contributed by atoms with Crippen molar-refractivity contribution in [2.75, 3.05) is 21.3 Å². The molecule has 0 spiro atoms. The predicted molar refractivity (Wildman–Crippen MR) is 186 cm³/mol. The fraction of sp³-hybridized carbons (Fsp3) is 0.571. The van der Waals surface area contributed by atoms with Gasteiger partial charge in [0.15, 0.2) is 0 Å². The quantitative estimate of drug-likeness (QED) is 0.0697. The fourth-order valence-corrected chi connectivity index (χ4v) is 4.93. The van der Waals surface area contributed by atoms with Gasteiger partial charge in [-0.05, 0) is 58.4 Å². The van der Waals surface area contributed by atoms with E-state index in [0.717, 1.165) is 21.3 Å². The zero-order chi connectivity index (χ0) is 41.0. The van der Waals surface area contributed by atoms with Crippen LogP contribution < -0.4 is 21.3 Å². The molecule has 1 rings (SSSR count). The molecule has 4 amide bonds. The Bertz CT molecular complexity index is 1480. The van der Waals surface area contributed by atoms with Gasteiger partial charge in [0.05, 0.1) is 27.2 Å². The van der Waals surface area contributed by atoms with Crippen molar-refractivity contribution in [3.63, 3.8) is 0 Å². The smallest absolute Gasteiger partial charge is 0.408 e. The van der Waals surface area contributed by atoms with E-state index in [4.69, 9.17) is 14.2 Å². The monoisotopic (exact) mass is 766 g/mol. The number of methoxy groups -OCH3 is 3. The second-order valence-electron chi connectivity index (χ2n) is 13.0. The third-order valence-corrected chi connectivity index (χ3v) is 7.63. The maximum Gasteiger partial charge on any atom is 0.408 e. The van der Waals surface area contributed by atoms with E-state index >= 15 is 0 Å². The van der Waals surface area contributed by atoms with Crippen molar-refractivity contribution in [1.82, 2.24) is 21.3 Å². The van der Waals surface area contributed by atoms with Gasteiger partial charge in [0, 0.05) is 19.3 Å². The molecule has 5 atom stereocenters. The molecule has 1 unspecified atom stereocenters. The van der Waals surface area contributed by atoms with E-state index in [-0.39, 0.29) is 32.1 Å². The van der Waals surface area contributed by atoms with Crippen molar-refractivity contribution in [3.8, 4) is 0 Å². The lowest BCUT2D eigenvalue weighted by Gasteiger charge is -2.23. The number of carbonyl (C=O) groups is 9. The maximum absolute atomic E-state index is 12.8. The number of ether oxygens (including phenoxy) is 4. The molecular weight excluding hydrogens is 716 g/mol. The first-order chi connectivity index (χ1) is 25.3. The van der Waals surface area contributed by atoms with Crippen molar-refractivity contribution >= 4 is 53.7 Å². The first-order valence-electron chi connectivity index (χ1n) is 16.9. The molecular formula is C35H50N4O15. The minimum atomic E-state index is -1.56. The van der Waals surface area contributed by atoms with E-state index in [2.05, 4.69) is 26.0 Å². The molecule has 1 aromatic rings. The van der Waals surface area contributed by atoms with E-state index in [1.807, 2.05) is 0 Å². The Hall–Kier alpha value is -5.75. The van der Waals surface area contributed by atoms with Gasteiger partial charge in [-0.3, -0.25) is 19.2 Å². The number of carboxylic acid groups (broad SMARTS) is 2. The summed E-state index contributed by atoms with van der Waals surface area (Å²) >= 11 is 0. The molecule has 0 bridgehead atoms. The highest BCUT2D eigenvalue weighted by atomic mass is 16.6. The van der Waals surface area contributed by atoms with E-state index in [1.165, 1.54) is 0 Å². The molecule has 19 heteroatoms. The Morgan fingerprint density at radius 2 is 0.981 bits per heavy atom. The first kappa shape index (κ1) is 46.3. The highest BCUT2D eigenvalue weighted by molar-refractivity contribution is 5.88. The fourth-order valence-electron chi connectivity index (χ4n) is 4.93. The Morgan fingerprint density at radius 1 is 0.593 bits per heavy atom. The number of hydrogen-bond acceptors (Lipinski definition) is 13. The largest absolute Gasteiger partial charge is 0.481 e. The van der Waals surface area contributed by atoms with Gasteiger partial charge in [-0.1, -0.05) is 30.3 Å². The first-order valence-corrected chi connectivity index (χ1v) is 16.9. The summed E-state index contributed by atoms with van der Waals surface area (Å²) in [5.41, 5.74) is -0.201. The SMILES string of the molecule is COC(=O)[C@H](CCC(=O)N[C@@H](CC(Cc1ccccc1)C(=O)O)C(=O)O)NC(=O)CC[C@H](NC(=O)CC[C@H](NC(=O)OC(C)(C)C)C(=O)OC)C(=O)OC. The van der Waals surface area contributed by atoms with Crippen LogP contribution in [0.3, 0.4) is 0 Å². The third kappa shape index (κ3) is 18.1. The molecule has 0 radical (unpaired) electrons. The molecule has 0 aliphatic carbocycles. The van der Waals surface area contributed by atoms with Crippen molar-refractivity contribution in [1.29, 1.82) is 0 Å². The minimum Gasteiger partial charge on any atom is -0.481 e. The van der Waals surface area contributed by atoms with Gasteiger partial charge in [-0.2, -0.15) is 0 Å². The summed E-state index contributed by atoms with van der Waals surface area (Å²) in [4.78, 5) is 111. The van der Waals surface area contributed by atoms with Gasteiger partial charge in [-0.25, -0.2) is 24.0 Å². The molecule has 19 nitrogen and oxygen atoms in total. The number of carboxylic acids is 2. The van der Waals surface area contributed by atoms with Crippen molar-refractivity contribution in [2.24, 2.45) is 5.92 Å². The average molecular weight is 767 g/mol. The molecule has 300 valence electrons. The highest BCUT2D eigenvalue weighted by Crippen LogP contribution is 2.16. The van der Waals surface area contributed by atoms with Crippen molar-refractivity contribution in [2.45, 2.75) is 102 Å². The summed E-state index contributed by atoms with van der Waals surface area (Å²) in [6, 6.07) is 3.01. The van der Waals surface area contributed by atoms with Crippen LogP contribution in [0.1, 0.15) is 71.3 Å². The topological polar surface area (TPSA) is 279 Å². The number of aliphatic carboxylic acids is 2. The second-order valence-corrected chi connectivity index (χ2v) is 13.0. The van der Waals surface area contributed by atoms with Crippen molar-refractivity contribution < 1.29 is 72.3 Å². The number of alkyl carbamates (subject to hydrolysis) is 1. The van der Waals surface area contributed by atoms with Crippen molar-refractivity contribution in [3.05, 3.63) is 35.9 Å². The molecule has 0 heterocycles. The third-order valence-electron chi connectivity index (χ3n) is 7.63. The number of benzene rings is 1. The van der Waals surface area contributed by atoms with Crippen LogP contribution in [0.2, 0.25) is 0 Å². The lowest BCUT2D eigenvalue weighted by molar-refractivity contribution is -0.147. The molecule has 0 saturated carbocycles. The van der Waals surface area contributed by atoms with Gasteiger partial charge < -0.3 is 50.4 Å². The van der Waals surface area contributed by atoms with E-state index in [0.29, 0.717) is 5.56 Å². The van der Waals surface area contributed by atoms with E-state index < -0.39 is 109 Å². The number of rotatable bonds is 22. The molecule has 0 saturated heterocycles. The molecule has 54 heavy (non-hydrogen) atoms. The van der Waals surface area contributed by atoms with E-state index in [1.54, 1.807) is 51.1 Å². The van der Waals surface area contributed by atoms with E-state index in [9.17, 15) is 53.4 Å². The molecule has 0 fully saturated rings. The number of esters is 3. The number of hydrogen-bond donors (Lipinski definition) is 6. The van der Waals surface area contributed by atoms with Crippen LogP contribution in [0.15, 0.2) is 30.3 Å². The van der Waals surface area contributed by atoms with Crippen LogP contribution in [0.25, 0.3) is 0 Å². The number of amides is 4. The standard InChI is InChI=1S/C35H50N4O15/c1-35(2,3)54-34(50)39-24(33(49)53-6)14-17-27(41)37-22(31(47)51-4)12-15-26(40)36-23(32(48)52-5)13-16-28(42)38-25(30(45)46)19-21(29(43)44)18-20-10-8-7-9-11-20/h7-11,21-25H,12-19H2,1-6H3,(H,36,40)(H,37,41)(H,38,42)(H,39,50)(H,43,44)(H,45,46)/t21?,22-,23-,24-,25-/m0/s1. The normalized spacial score (nSPS) is 13.7. The highest BCUT2D eigenvalue weighted by Gasteiger charge is 2.31. The summed E-state index contributed by atoms with van der Waals surface area (Å²) in [7, 11) is 3.18. The van der Waals surface area contributed by atoms with Crippen LogP contribution in [-0.4, -0.2) is 115 Å². The summed E-state index contributed by atoms with van der Waals surface area (Å²) in [6.45, 7) is 4.84. The second kappa shape index (κ2) is 23.0. The zero-order valence-electron chi connectivity index (χ0n) is 31.1. The Balaban J connectivity index is 2.81. The number of carbonyl (C=O) groups excluding carboxylic acids is 7. The summed E-state index contributed by atoms with van der Waals surface area (Å²) in [5.74, 6) is -8.89. The molecule has 0 aliphatic heterocycles.